The summed E-state index contributed by atoms with van der Waals surface area (Å²) in [4.78, 5) is 51.2. The molecule has 6 rings (SSSR count). The smallest absolute Gasteiger partial charge is 0.407 e. The first-order valence-corrected chi connectivity index (χ1v) is 15.0. The number of H-pyrrole nitrogens is 1. The first-order valence-electron chi connectivity index (χ1n) is 15.0. The van der Waals surface area contributed by atoms with Gasteiger partial charge in [-0.1, -0.05) is 30.3 Å². The van der Waals surface area contributed by atoms with Crippen molar-refractivity contribution in [2.45, 2.75) is 38.9 Å². The van der Waals surface area contributed by atoms with Gasteiger partial charge < -0.3 is 35.0 Å². The van der Waals surface area contributed by atoms with Crippen LogP contribution in [0.15, 0.2) is 54.9 Å². The summed E-state index contributed by atoms with van der Waals surface area (Å²) in [6.45, 7) is 4.33. The number of rotatable bonds is 6. The van der Waals surface area contributed by atoms with Crippen LogP contribution in [0, 0.1) is 0 Å². The quantitative estimate of drug-likeness (QED) is 0.233. The largest absolute Gasteiger partial charge is 0.465 e. The maximum Gasteiger partial charge on any atom is 0.407 e. The molecule has 240 valence electrons. The van der Waals surface area contributed by atoms with Crippen molar-refractivity contribution in [2.24, 2.45) is 0 Å². The Labute approximate surface area is 266 Å². The van der Waals surface area contributed by atoms with Gasteiger partial charge in [0.1, 0.15) is 12.0 Å². The molecule has 0 fully saturated rings. The molecule has 0 saturated heterocycles. The second-order valence-electron chi connectivity index (χ2n) is 12.0. The number of benzene rings is 2. The highest BCUT2D eigenvalue weighted by Gasteiger charge is 2.30. The molecule has 12 heteroatoms. The number of nitrogens with zero attached hydrogens (tertiary/aromatic N) is 5. The minimum Gasteiger partial charge on any atom is -0.465 e. The van der Waals surface area contributed by atoms with Gasteiger partial charge in [0.15, 0.2) is 0 Å². The zero-order chi connectivity index (χ0) is 33.2. The van der Waals surface area contributed by atoms with Crippen LogP contribution in [-0.2, 0) is 23.4 Å². The molecule has 0 radical (unpaired) electrons. The molecule has 0 atom stereocenters. The van der Waals surface area contributed by atoms with Crippen LogP contribution in [-0.4, -0.2) is 92.2 Å². The van der Waals surface area contributed by atoms with Gasteiger partial charge in [0, 0.05) is 61.5 Å². The second-order valence-corrected chi connectivity index (χ2v) is 12.0. The number of fused-ring (bicyclic) bond motifs is 2. The number of carboxylic acid groups (broad SMARTS) is 1. The van der Waals surface area contributed by atoms with E-state index >= 15 is 0 Å². The molecular formula is C34H38N6O6. The summed E-state index contributed by atoms with van der Waals surface area (Å²) < 4.78 is 0. The molecule has 0 unspecified atom stereocenters. The van der Waals surface area contributed by atoms with E-state index in [0.717, 1.165) is 34.2 Å². The first-order chi connectivity index (χ1) is 21.9. The lowest BCUT2D eigenvalue weighted by Gasteiger charge is -2.31. The van der Waals surface area contributed by atoms with Crippen molar-refractivity contribution in [1.82, 2.24) is 24.8 Å². The standard InChI is InChI=1S/C31H31N5O5.C3H7NO/c1-31(2,41)20-6-7-21-19(14-20)10-13-36(29(21)38)26-5-3-4-22(24(26)16-37)27-23-15-25(34-28(23)33-17-32-27)18-8-11-35(12-9-18)30(39)40;1-4(2)3-5/h3-8,14-15,17,37,41H,9-13,16H2,1-2H3,(H,39,40)(H,32,33,34);3H,1-2H3. The van der Waals surface area contributed by atoms with Crippen molar-refractivity contribution in [3.63, 3.8) is 0 Å². The topological polar surface area (TPSA) is 163 Å². The van der Waals surface area contributed by atoms with Crippen LogP contribution in [0.3, 0.4) is 0 Å². The minimum absolute atomic E-state index is 0.156. The summed E-state index contributed by atoms with van der Waals surface area (Å²) in [5, 5.41) is 31.0. The van der Waals surface area contributed by atoms with Crippen molar-refractivity contribution in [1.29, 1.82) is 0 Å². The Morgan fingerprint density at radius 1 is 1.09 bits per heavy atom. The lowest BCUT2D eigenvalue weighted by molar-refractivity contribution is -0.115. The summed E-state index contributed by atoms with van der Waals surface area (Å²) in [7, 11) is 3.38. The predicted octanol–water partition coefficient (Wildman–Crippen LogP) is 4.02. The normalized spacial score (nSPS) is 14.7. The molecule has 2 aliphatic heterocycles. The molecule has 4 aromatic rings. The number of hydrogen-bond acceptors (Lipinski definition) is 7. The zero-order valence-electron chi connectivity index (χ0n) is 26.3. The van der Waals surface area contributed by atoms with Crippen molar-refractivity contribution < 1.29 is 29.7 Å². The fraction of sp³-hybridized carbons (Fsp3) is 0.324. The highest BCUT2D eigenvalue weighted by molar-refractivity contribution is 6.09. The molecule has 4 N–H and O–H groups in total. The van der Waals surface area contributed by atoms with Crippen molar-refractivity contribution in [3.05, 3.63) is 82.8 Å². The van der Waals surface area contributed by atoms with Gasteiger partial charge in [-0.25, -0.2) is 14.8 Å². The molecule has 2 aromatic carbocycles. The van der Waals surface area contributed by atoms with Crippen molar-refractivity contribution >= 4 is 40.7 Å². The molecule has 46 heavy (non-hydrogen) atoms. The maximum atomic E-state index is 13.7. The molecule has 4 heterocycles. The molecule has 3 amide bonds. The van der Waals surface area contributed by atoms with E-state index in [1.165, 1.54) is 16.1 Å². The van der Waals surface area contributed by atoms with Crippen LogP contribution in [0.2, 0.25) is 0 Å². The molecule has 2 aliphatic rings. The van der Waals surface area contributed by atoms with E-state index < -0.39 is 11.7 Å². The van der Waals surface area contributed by atoms with Crippen LogP contribution in [0.4, 0.5) is 10.5 Å². The third kappa shape index (κ3) is 6.49. The fourth-order valence-electron chi connectivity index (χ4n) is 5.73. The molecule has 0 bridgehead atoms. The highest BCUT2D eigenvalue weighted by atomic mass is 16.4. The van der Waals surface area contributed by atoms with E-state index in [0.29, 0.717) is 66.2 Å². The van der Waals surface area contributed by atoms with Gasteiger partial charge in [-0.05, 0) is 61.6 Å². The molecule has 0 saturated carbocycles. The van der Waals surface area contributed by atoms with Crippen molar-refractivity contribution in [2.75, 3.05) is 38.6 Å². The van der Waals surface area contributed by atoms with Gasteiger partial charge in [0.05, 0.1) is 23.6 Å². The number of amides is 3. The van der Waals surface area contributed by atoms with E-state index in [4.69, 9.17) is 0 Å². The average Bonchev–Trinajstić information content (AvgIpc) is 3.49. The van der Waals surface area contributed by atoms with Crippen LogP contribution >= 0.6 is 0 Å². The van der Waals surface area contributed by atoms with Gasteiger partial charge >= 0.3 is 6.09 Å². The Morgan fingerprint density at radius 2 is 1.85 bits per heavy atom. The first kappa shape index (κ1) is 32.3. The van der Waals surface area contributed by atoms with Gasteiger partial charge in [-0.3, -0.25) is 9.59 Å². The number of hydrogen-bond donors (Lipinski definition) is 4. The van der Waals surface area contributed by atoms with E-state index in [2.05, 4.69) is 15.0 Å². The molecule has 0 aliphatic carbocycles. The van der Waals surface area contributed by atoms with E-state index in [-0.39, 0.29) is 12.5 Å². The molecule has 2 aromatic heterocycles. The van der Waals surface area contributed by atoms with Crippen LogP contribution in [0.1, 0.15) is 53.0 Å². The number of carbonyl (C=O) groups is 3. The second kappa shape index (κ2) is 13.1. The number of aliphatic hydroxyl groups is 2. The Balaban J connectivity index is 0.000000775. The number of aromatic nitrogens is 3. The van der Waals surface area contributed by atoms with E-state index in [1.54, 1.807) is 45.0 Å². The predicted molar refractivity (Wildman–Crippen MR) is 174 cm³/mol. The SMILES string of the molecule is CC(C)(O)c1ccc2c(c1)CCN(c1cccc(-c3ncnc4[nH]c(C5=CCN(C(=O)O)CC5)cc34)c1CO)C2=O.CN(C)C=O. The van der Waals surface area contributed by atoms with Gasteiger partial charge in [-0.15, -0.1) is 0 Å². The zero-order valence-corrected chi connectivity index (χ0v) is 26.3. The number of carbonyl (C=O) groups excluding carboxylic acids is 2. The Hall–Kier alpha value is -5.07. The van der Waals surface area contributed by atoms with E-state index in [1.807, 2.05) is 36.4 Å². The minimum atomic E-state index is -0.999. The highest BCUT2D eigenvalue weighted by Crippen LogP contribution is 2.37. The summed E-state index contributed by atoms with van der Waals surface area (Å²) in [5.41, 5.74) is 6.28. The lowest BCUT2D eigenvalue weighted by atomic mass is 9.90. The third-order valence-corrected chi connectivity index (χ3v) is 8.21. The third-order valence-electron chi connectivity index (χ3n) is 8.21. The molecule has 0 spiro atoms. The van der Waals surface area contributed by atoms with Gasteiger partial charge in [-0.2, -0.15) is 0 Å². The summed E-state index contributed by atoms with van der Waals surface area (Å²) >= 11 is 0. The molecule has 12 nitrogen and oxygen atoms in total. The summed E-state index contributed by atoms with van der Waals surface area (Å²) in [6.07, 6.45) is 4.38. The number of anilines is 1. The number of aliphatic hydroxyl groups excluding tert-OH is 1. The summed E-state index contributed by atoms with van der Waals surface area (Å²) in [5.74, 6) is -0.156. The van der Waals surface area contributed by atoms with Crippen molar-refractivity contribution in [3.8, 4) is 11.3 Å². The Morgan fingerprint density at radius 3 is 2.48 bits per heavy atom. The van der Waals surface area contributed by atoms with Gasteiger partial charge in [0.25, 0.3) is 5.91 Å². The summed E-state index contributed by atoms with van der Waals surface area (Å²) in [6, 6.07) is 13.0. The number of aromatic amines is 1. The Bertz CT molecular complexity index is 1820. The molecular weight excluding hydrogens is 588 g/mol. The van der Waals surface area contributed by atoms with E-state index in [9.17, 15) is 29.7 Å². The average molecular weight is 627 g/mol. The lowest BCUT2D eigenvalue weighted by Crippen LogP contribution is -2.38. The Kier molecular flexibility index (Phi) is 9.22. The van der Waals surface area contributed by atoms with Gasteiger partial charge in [0.2, 0.25) is 6.41 Å². The fourth-order valence-corrected chi connectivity index (χ4v) is 5.73. The van der Waals surface area contributed by atoms with Crippen LogP contribution < -0.4 is 4.90 Å². The van der Waals surface area contributed by atoms with Crippen LogP contribution in [0.25, 0.3) is 27.9 Å². The monoisotopic (exact) mass is 626 g/mol. The van der Waals surface area contributed by atoms with Crippen LogP contribution in [0.5, 0.6) is 0 Å². The maximum absolute atomic E-state index is 13.7. The number of nitrogens with one attached hydrogen (secondary N) is 1.